The number of hydrogen-bond acceptors (Lipinski definition) is 8. The zero-order valence-electron chi connectivity index (χ0n) is 17.5. The summed E-state index contributed by atoms with van der Waals surface area (Å²) in [5.74, 6) is 0.226. The van der Waals surface area contributed by atoms with Crippen LogP contribution in [0.4, 0.5) is 10.6 Å². The normalized spacial score (nSPS) is 18.3. The fourth-order valence-corrected chi connectivity index (χ4v) is 3.58. The number of nitrogens with zero attached hydrogens (tertiary/aromatic N) is 5. The molecule has 0 atom stereocenters. The Morgan fingerprint density at radius 3 is 2.35 bits per heavy atom. The van der Waals surface area contributed by atoms with Gasteiger partial charge < -0.3 is 19.9 Å². The van der Waals surface area contributed by atoms with E-state index in [0.717, 1.165) is 0 Å². The van der Waals surface area contributed by atoms with Gasteiger partial charge in [0, 0.05) is 36.6 Å². The van der Waals surface area contributed by atoms with E-state index in [1.54, 1.807) is 29.7 Å². The highest BCUT2D eigenvalue weighted by Gasteiger charge is 2.31. The summed E-state index contributed by atoms with van der Waals surface area (Å²) in [5.41, 5.74) is 1.24. The highest BCUT2D eigenvalue weighted by atomic mass is 16.5. The molecular weight excluding hydrogens is 404 g/mol. The minimum atomic E-state index is -1.03. The van der Waals surface area contributed by atoms with Crippen molar-refractivity contribution in [3.8, 4) is 17.3 Å². The molecule has 2 aromatic heterocycles. The van der Waals surface area contributed by atoms with Crippen LogP contribution >= 0.6 is 0 Å². The van der Waals surface area contributed by atoms with Crippen LogP contribution in [-0.2, 0) is 9.53 Å². The van der Waals surface area contributed by atoms with Gasteiger partial charge in [0.2, 0.25) is 0 Å². The minimum absolute atomic E-state index is 0.0560. The summed E-state index contributed by atoms with van der Waals surface area (Å²) in [6.45, 7) is 2.20. The van der Waals surface area contributed by atoms with Gasteiger partial charge >= 0.3 is 12.1 Å². The van der Waals surface area contributed by atoms with Gasteiger partial charge in [-0.25, -0.2) is 19.7 Å². The molecule has 0 aliphatic heterocycles. The molecule has 2 heterocycles. The van der Waals surface area contributed by atoms with Gasteiger partial charge in [-0.3, -0.25) is 14.7 Å². The summed E-state index contributed by atoms with van der Waals surface area (Å²) < 4.78 is 10.3. The van der Waals surface area contributed by atoms with Crippen LogP contribution in [0.2, 0.25) is 0 Å². The number of carbonyl (C=O) groups is 2. The third-order valence-corrected chi connectivity index (χ3v) is 5.08. The molecule has 2 amide bonds. The lowest BCUT2D eigenvalue weighted by Crippen LogP contribution is -2.47. The first kappa shape index (κ1) is 22.3. The van der Waals surface area contributed by atoms with E-state index >= 15 is 0 Å². The molecule has 11 heteroatoms. The number of carbonyl (C=O) groups excluding carboxylic acids is 1. The number of methoxy groups -OCH3 is 1. The fraction of sp³-hybridized carbons (Fsp3) is 0.500. The number of aromatic nitrogens is 4. The summed E-state index contributed by atoms with van der Waals surface area (Å²) in [7, 11) is 1.49. The number of rotatable bonds is 8. The Balaban J connectivity index is 1.77. The van der Waals surface area contributed by atoms with E-state index in [2.05, 4.69) is 25.3 Å². The van der Waals surface area contributed by atoms with Gasteiger partial charge in [0.25, 0.3) is 5.91 Å². The molecule has 1 fully saturated rings. The standard InChI is InChI=1S/C20H26N6O5/c1-3-31-12-18(27)26(15-6-4-14(5-7-15)25-20(28)29)17-11-21-16(10-22-17)13-8-23-19(30-2)24-9-13/h8-11,14-15,25H,3-7,12H2,1-2H3,(H,28,29). The first-order valence-electron chi connectivity index (χ1n) is 10.1. The second-order valence-electron chi connectivity index (χ2n) is 7.07. The molecule has 0 bridgehead atoms. The lowest BCUT2D eigenvalue weighted by molar-refractivity contribution is -0.123. The molecule has 2 N–H and O–H groups in total. The van der Waals surface area contributed by atoms with Crippen LogP contribution in [0.3, 0.4) is 0 Å². The predicted molar refractivity (Wildman–Crippen MR) is 111 cm³/mol. The summed E-state index contributed by atoms with van der Waals surface area (Å²) in [5, 5.41) is 11.4. The van der Waals surface area contributed by atoms with E-state index < -0.39 is 6.09 Å². The van der Waals surface area contributed by atoms with Crippen LogP contribution in [0.15, 0.2) is 24.8 Å². The van der Waals surface area contributed by atoms with E-state index in [1.165, 1.54) is 7.11 Å². The summed E-state index contributed by atoms with van der Waals surface area (Å²) in [6.07, 6.45) is 7.85. The Labute approximate surface area is 179 Å². The third-order valence-electron chi connectivity index (χ3n) is 5.08. The molecule has 1 aliphatic carbocycles. The maximum absolute atomic E-state index is 12.9. The number of amides is 2. The number of ether oxygens (including phenoxy) is 2. The molecule has 2 aromatic rings. The molecule has 3 rings (SSSR count). The Morgan fingerprint density at radius 1 is 1.10 bits per heavy atom. The number of nitrogens with one attached hydrogen (secondary N) is 1. The van der Waals surface area contributed by atoms with Crippen molar-refractivity contribution >= 4 is 17.8 Å². The van der Waals surface area contributed by atoms with Crippen LogP contribution in [0.25, 0.3) is 11.3 Å². The zero-order valence-corrected chi connectivity index (χ0v) is 17.5. The largest absolute Gasteiger partial charge is 0.467 e. The lowest BCUT2D eigenvalue weighted by Gasteiger charge is -2.36. The Hall–Kier alpha value is -3.34. The van der Waals surface area contributed by atoms with Crippen LogP contribution < -0.4 is 15.0 Å². The molecule has 1 aliphatic rings. The van der Waals surface area contributed by atoms with Crippen molar-refractivity contribution in [2.45, 2.75) is 44.7 Å². The molecule has 0 aromatic carbocycles. The first-order chi connectivity index (χ1) is 15.0. The quantitative estimate of drug-likeness (QED) is 0.642. The van der Waals surface area contributed by atoms with Crippen LogP contribution in [0, 0.1) is 0 Å². The highest BCUT2D eigenvalue weighted by molar-refractivity contribution is 5.94. The number of anilines is 1. The van der Waals surface area contributed by atoms with Gasteiger partial charge in [0.1, 0.15) is 6.61 Å². The zero-order chi connectivity index (χ0) is 22.2. The molecule has 166 valence electrons. The Bertz CT molecular complexity index is 869. The smallest absolute Gasteiger partial charge is 0.404 e. The monoisotopic (exact) mass is 430 g/mol. The van der Waals surface area contributed by atoms with Gasteiger partial charge in [-0.15, -0.1) is 0 Å². The highest BCUT2D eigenvalue weighted by Crippen LogP contribution is 2.27. The number of hydrogen-bond donors (Lipinski definition) is 2. The van der Waals surface area contributed by atoms with Crippen LogP contribution in [0.1, 0.15) is 32.6 Å². The maximum Gasteiger partial charge on any atom is 0.404 e. The second kappa shape index (κ2) is 10.6. The van der Waals surface area contributed by atoms with Crippen molar-refractivity contribution in [1.82, 2.24) is 25.3 Å². The lowest BCUT2D eigenvalue weighted by atomic mass is 9.90. The molecule has 0 radical (unpaired) electrons. The van der Waals surface area contributed by atoms with Crippen molar-refractivity contribution in [1.29, 1.82) is 0 Å². The average molecular weight is 430 g/mol. The topological polar surface area (TPSA) is 140 Å². The molecule has 31 heavy (non-hydrogen) atoms. The fourth-order valence-electron chi connectivity index (χ4n) is 3.58. The maximum atomic E-state index is 12.9. The van der Waals surface area contributed by atoms with Crippen molar-refractivity contribution in [3.05, 3.63) is 24.8 Å². The van der Waals surface area contributed by atoms with Gasteiger partial charge in [-0.05, 0) is 32.6 Å². The first-order valence-corrected chi connectivity index (χ1v) is 10.1. The number of carboxylic acid groups (broad SMARTS) is 1. The molecule has 0 spiro atoms. The summed E-state index contributed by atoms with van der Waals surface area (Å²) in [6, 6.07) is 0.0411. The Kier molecular flexibility index (Phi) is 7.65. The van der Waals surface area contributed by atoms with Crippen molar-refractivity contribution in [2.24, 2.45) is 0 Å². The third kappa shape index (κ3) is 5.85. The minimum Gasteiger partial charge on any atom is -0.467 e. The van der Waals surface area contributed by atoms with E-state index in [4.69, 9.17) is 14.6 Å². The molecule has 1 saturated carbocycles. The van der Waals surface area contributed by atoms with Crippen LogP contribution in [0.5, 0.6) is 6.01 Å². The predicted octanol–water partition coefficient (Wildman–Crippen LogP) is 1.89. The summed E-state index contributed by atoms with van der Waals surface area (Å²) >= 11 is 0. The summed E-state index contributed by atoms with van der Waals surface area (Å²) in [4.78, 5) is 42.4. The molecule has 0 unspecified atom stereocenters. The molecule has 0 saturated heterocycles. The van der Waals surface area contributed by atoms with E-state index in [9.17, 15) is 9.59 Å². The SMILES string of the molecule is CCOCC(=O)N(c1cnc(-c2cnc(OC)nc2)cn1)C1CCC(NC(=O)O)CC1. The second-order valence-corrected chi connectivity index (χ2v) is 7.07. The van der Waals surface area contributed by atoms with Crippen LogP contribution in [-0.4, -0.2) is 69.5 Å². The van der Waals surface area contributed by atoms with Gasteiger partial charge in [-0.1, -0.05) is 0 Å². The van der Waals surface area contributed by atoms with Crippen molar-refractivity contribution < 1.29 is 24.2 Å². The van der Waals surface area contributed by atoms with Gasteiger partial charge in [0.15, 0.2) is 5.82 Å². The van der Waals surface area contributed by atoms with Crippen molar-refractivity contribution in [3.63, 3.8) is 0 Å². The van der Waals surface area contributed by atoms with E-state index in [-0.39, 0.29) is 30.6 Å². The Morgan fingerprint density at radius 2 is 1.81 bits per heavy atom. The molecular formula is C20H26N6O5. The van der Waals surface area contributed by atoms with Crippen molar-refractivity contribution in [2.75, 3.05) is 25.2 Å². The van der Waals surface area contributed by atoms with E-state index in [1.807, 2.05) is 6.92 Å². The van der Waals surface area contributed by atoms with E-state index in [0.29, 0.717) is 49.4 Å². The van der Waals surface area contributed by atoms with Gasteiger partial charge in [-0.2, -0.15) is 0 Å². The average Bonchev–Trinajstić information content (AvgIpc) is 2.79. The van der Waals surface area contributed by atoms with Gasteiger partial charge in [0.05, 0.1) is 25.2 Å². The molecule has 11 nitrogen and oxygen atoms in total.